The number of nitrogens with one attached hydrogen (secondary N) is 1. The van der Waals surface area contributed by atoms with Crippen molar-refractivity contribution in [1.82, 2.24) is 0 Å². The average Bonchev–Trinajstić information content (AvgIpc) is 2.27. The van der Waals surface area contributed by atoms with Crippen LogP contribution >= 0.6 is 11.8 Å². The summed E-state index contributed by atoms with van der Waals surface area (Å²) in [6, 6.07) is 6.24. The first kappa shape index (κ1) is 14.6. The molecule has 0 aliphatic carbocycles. The Labute approximate surface area is 114 Å². The van der Waals surface area contributed by atoms with E-state index in [2.05, 4.69) is 48.9 Å². The molecule has 0 heterocycles. The number of anilines is 1. The monoisotopic (exact) mass is 263 g/mol. The molecule has 3 N–H and O–H groups in total. The second-order valence-electron chi connectivity index (χ2n) is 4.13. The number of hydrogen-bond acceptors (Lipinski definition) is 2. The summed E-state index contributed by atoms with van der Waals surface area (Å²) in [7, 11) is 0. The molecule has 0 unspecified atom stereocenters. The molecule has 0 radical (unpaired) electrons. The highest BCUT2D eigenvalue weighted by Gasteiger charge is 1.97. The molecule has 0 amide bonds. The number of benzene rings is 1. The van der Waals surface area contributed by atoms with E-state index in [1.54, 1.807) is 11.8 Å². The lowest BCUT2D eigenvalue weighted by Crippen LogP contribution is -2.23. The molecular weight excluding hydrogens is 242 g/mol. The summed E-state index contributed by atoms with van der Waals surface area (Å²) in [5.41, 5.74) is 9.25. The maximum Gasteiger partial charge on any atom is 0.193 e. The van der Waals surface area contributed by atoms with Crippen molar-refractivity contribution in [2.75, 3.05) is 23.4 Å². The van der Waals surface area contributed by atoms with Crippen LogP contribution < -0.4 is 11.1 Å². The zero-order valence-corrected chi connectivity index (χ0v) is 11.9. The molecule has 1 aromatic rings. The molecule has 0 bridgehead atoms. The SMILES string of the molecule is C=CCSCCN=C(N)Nc1cc(C)cc(C)c1. The number of nitrogens with two attached hydrogens (primary N) is 1. The van der Waals surface area contributed by atoms with E-state index in [9.17, 15) is 0 Å². The molecule has 18 heavy (non-hydrogen) atoms. The van der Waals surface area contributed by atoms with Crippen LogP contribution in [0.3, 0.4) is 0 Å². The Morgan fingerprint density at radius 2 is 2.06 bits per heavy atom. The Kier molecular flexibility index (Phi) is 6.36. The summed E-state index contributed by atoms with van der Waals surface area (Å²) in [5.74, 6) is 2.39. The van der Waals surface area contributed by atoms with E-state index in [-0.39, 0.29) is 0 Å². The number of aliphatic imine (C=N–C) groups is 1. The van der Waals surface area contributed by atoms with Crippen molar-refractivity contribution < 1.29 is 0 Å². The smallest absolute Gasteiger partial charge is 0.193 e. The molecule has 4 heteroatoms. The van der Waals surface area contributed by atoms with E-state index in [0.29, 0.717) is 5.96 Å². The molecule has 0 saturated carbocycles. The van der Waals surface area contributed by atoms with Crippen molar-refractivity contribution in [3.05, 3.63) is 42.0 Å². The molecule has 0 aliphatic heterocycles. The second kappa shape index (κ2) is 7.82. The van der Waals surface area contributed by atoms with Crippen LogP contribution in [0.2, 0.25) is 0 Å². The van der Waals surface area contributed by atoms with Gasteiger partial charge in [0.15, 0.2) is 5.96 Å². The van der Waals surface area contributed by atoms with E-state index >= 15 is 0 Å². The summed E-state index contributed by atoms with van der Waals surface area (Å²) >= 11 is 1.80. The number of aryl methyl sites for hydroxylation is 2. The van der Waals surface area contributed by atoms with Crippen molar-refractivity contribution in [3.63, 3.8) is 0 Å². The van der Waals surface area contributed by atoms with Gasteiger partial charge in [-0.1, -0.05) is 12.1 Å². The third-order valence-electron chi connectivity index (χ3n) is 2.25. The molecule has 0 aromatic heterocycles. The number of guanidine groups is 1. The van der Waals surface area contributed by atoms with E-state index in [1.165, 1.54) is 11.1 Å². The van der Waals surface area contributed by atoms with Gasteiger partial charge in [0.1, 0.15) is 0 Å². The third kappa shape index (κ3) is 5.77. The summed E-state index contributed by atoms with van der Waals surface area (Å²) in [5, 5.41) is 3.11. The maximum atomic E-state index is 5.83. The minimum Gasteiger partial charge on any atom is -0.370 e. The molecule has 0 atom stereocenters. The van der Waals surface area contributed by atoms with Gasteiger partial charge in [-0.25, -0.2) is 0 Å². The average molecular weight is 263 g/mol. The Morgan fingerprint density at radius 3 is 2.67 bits per heavy atom. The topological polar surface area (TPSA) is 50.4 Å². The van der Waals surface area contributed by atoms with Crippen LogP contribution in [0.15, 0.2) is 35.8 Å². The first-order valence-electron chi connectivity index (χ1n) is 5.95. The van der Waals surface area contributed by atoms with Crippen LogP contribution in [0.4, 0.5) is 5.69 Å². The summed E-state index contributed by atoms with van der Waals surface area (Å²) in [6.45, 7) is 8.53. The second-order valence-corrected chi connectivity index (χ2v) is 5.28. The highest BCUT2D eigenvalue weighted by molar-refractivity contribution is 7.99. The fraction of sp³-hybridized carbons (Fsp3) is 0.357. The number of rotatable bonds is 6. The largest absolute Gasteiger partial charge is 0.370 e. The van der Waals surface area contributed by atoms with Gasteiger partial charge in [0.05, 0.1) is 6.54 Å². The Hall–Kier alpha value is -1.42. The van der Waals surface area contributed by atoms with Crippen molar-refractivity contribution in [2.24, 2.45) is 10.7 Å². The van der Waals surface area contributed by atoms with E-state index in [1.807, 2.05) is 6.08 Å². The van der Waals surface area contributed by atoms with Crippen LogP contribution in [-0.4, -0.2) is 24.0 Å². The molecular formula is C14H21N3S. The quantitative estimate of drug-likeness (QED) is 0.359. The molecule has 0 saturated heterocycles. The van der Waals surface area contributed by atoms with Gasteiger partial charge >= 0.3 is 0 Å². The van der Waals surface area contributed by atoms with Gasteiger partial charge < -0.3 is 11.1 Å². The van der Waals surface area contributed by atoms with Crippen molar-refractivity contribution >= 4 is 23.4 Å². The summed E-state index contributed by atoms with van der Waals surface area (Å²) < 4.78 is 0. The van der Waals surface area contributed by atoms with Crippen LogP contribution in [0.1, 0.15) is 11.1 Å². The molecule has 0 fully saturated rings. The van der Waals surface area contributed by atoms with Crippen molar-refractivity contribution in [3.8, 4) is 0 Å². The Morgan fingerprint density at radius 1 is 1.39 bits per heavy atom. The van der Waals surface area contributed by atoms with E-state index < -0.39 is 0 Å². The highest BCUT2D eigenvalue weighted by atomic mass is 32.2. The van der Waals surface area contributed by atoms with Gasteiger partial charge in [-0.2, -0.15) is 11.8 Å². The predicted molar refractivity (Wildman–Crippen MR) is 83.6 cm³/mol. The molecule has 3 nitrogen and oxygen atoms in total. The minimum atomic E-state index is 0.471. The molecule has 0 aliphatic rings. The lowest BCUT2D eigenvalue weighted by Gasteiger charge is -2.07. The first-order valence-corrected chi connectivity index (χ1v) is 7.11. The highest BCUT2D eigenvalue weighted by Crippen LogP contribution is 2.13. The number of hydrogen-bond donors (Lipinski definition) is 2. The van der Waals surface area contributed by atoms with Gasteiger partial charge in [0.25, 0.3) is 0 Å². The Balaban J connectivity index is 2.45. The Bertz CT molecular complexity index is 407. The lowest BCUT2D eigenvalue weighted by molar-refractivity contribution is 1.13. The molecule has 1 rings (SSSR count). The summed E-state index contributed by atoms with van der Waals surface area (Å²) in [6.07, 6.45) is 1.89. The van der Waals surface area contributed by atoms with E-state index in [4.69, 9.17) is 5.73 Å². The fourth-order valence-corrected chi connectivity index (χ4v) is 2.19. The van der Waals surface area contributed by atoms with Gasteiger partial charge in [-0.3, -0.25) is 4.99 Å². The van der Waals surface area contributed by atoms with Crippen LogP contribution in [0, 0.1) is 13.8 Å². The first-order chi connectivity index (χ1) is 8.61. The fourth-order valence-electron chi connectivity index (χ4n) is 1.63. The van der Waals surface area contributed by atoms with Gasteiger partial charge in [-0.15, -0.1) is 6.58 Å². The summed E-state index contributed by atoms with van der Waals surface area (Å²) in [4.78, 5) is 4.28. The van der Waals surface area contributed by atoms with Gasteiger partial charge in [-0.05, 0) is 37.1 Å². The zero-order chi connectivity index (χ0) is 13.4. The van der Waals surface area contributed by atoms with Gasteiger partial charge in [0.2, 0.25) is 0 Å². The molecule has 98 valence electrons. The standard InChI is InChI=1S/C14H21N3S/c1-4-6-18-7-5-16-14(15)17-13-9-11(2)8-12(3)10-13/h4,8-10H,1,5-7H2,2-3H3,(H3,15,16,17). The number of thioether (sulfide) groups is 1. The molecule has 1 aromatic carbocycles. The minimum absolute atomic E-state index is 0.471. The van der Waals surface area contributed by atoms with Crippen LogP contribution in [0.25, 0.3) is 0 Å². The van der Waals surface area contributed by atoms with Crippen molar-refractivity contribution in [1.29, 1.82) is 0 Å². The van der Waals surface area contributed by atoms with Gasteiger partial charge in [0, 0.05) is 17.2 Å². The van der Waals surface area contributed by atoms with Crippen LogP contribution in [-0.2, 0) is 0 Å². The number of nitrogens with zero attached hydrogens (tertiary/aromatic N) is 1. The van der Waals surface area contributed by atoms with Crippen molar-refractivity contribution in [2.45, 2.75) is 13.8 Å². The lowest BCUT2D eigenvalue weighted by atomic mass is 10.1. The molecule has 0 spiro atoms. The third-order valence-corrected chi connectivity index (χ3v) is 3.19. The normalized spacial score (nSPS) is 11.3. The zero-order valence-electron chi connectivity index (χ0n) is 11.1. The van der Waals surface area contributed by atoms with E-state index in [0.717, 1.165) is 23.7 Å². The maximum absolute atomic E-state index is 5.83. The predicted octanol–water partition coefficient (Wildman–Crippen LogP) is 2.95. The van der Waals surface area contributed by atoms with Crippen LogP contribution in [0.5, 0.6) is 0 Å².